The van der Waals surface area contributed by atoms with Crippen LogP contribution in [0, 0.1) is 0 Å². The number of benzene rings is 2. The second-order valence-electron chi connectivity index (χ2n) is 6.42. The first-order chi connectivity index (χ1) is 12.8. The van der Waals surface area contributed by atoms with Gasteiger partial charge in [0, 0.05) is 31.3 Å². The van der Waals surface area contributed by atoms with Crippen LogP contribution in [0.3, 0.4) is 0 Å². The number of amides is 2. The van der Waals surface area contributed by atoms with Gasteiger partial charge in [-0.1, -0.05) is 36.4 Å². The van der Waals surface area contributed by atoms with Gasteiger partial charge in [-0.15, -0.1) is 0 Å². The van der Waals surface area contributed by atoms with Crippen molar-refractivity contribution in [2.24, 2.45) is 0 Å². The Morgan fingerprint density at radius 1 is 1.15 bits per heavy atom. The number of hydrogen-bond donors (Lipinski definition) is 2. The Balaban J connectivity index is 1.39. The molecule has 0 bridgehead atoms. The van der Waals surface area contributed by atoms with Crippen LogP contribution in [0.1, 0.15) is 24.8 Å². The molecule has 1 aliphatic heterocycles. The smallest absolute Gasteiger partial charge is 0.319 e. The van der Waals surface area contributed by atoms with Gasteiger partial charge in [0.2, 0.25) is 0 Å². The quantitative estimate of drug-likeness (QED) is 0.753. The van der Waals surface area contributed by atoms with E-state index in [1.807, 2.05) is 42.5 Å². The molecule has 1 unspecified atom stereocenters. The van der Waals surface area contributed by atoms with Crippen LogP contribution >= 0.6 is 0 Å². The second-order valence-corrected chi connectivity index (χ2v) is 6.42. The molecule has 1 atom stereocenters. The van der Waals surface area contributed by atoms with Crippen molar-refractivity contribution in [3.05, 3.63) is 60.2 Å². The Morgan fingerprint density at radius 3 is 2.85 bits per heavy atom. The van der Waals surface area contributed by atoms with E-state index in [9.17, 15) is 4.79 Å². The molecule has 2 amide bonds. The van der Waals surface area contributed by atoms with Gasteiger partial charge in [-0.25, -0.2) is 4.79 Å². The minimum atomic E-state index is -0.204. The molecule has 1 heterocycles. The Bertz CT molecular complexity index is 685. The summed E-state index contributed by atoms with van der Waals surface area (Å²) >= 11 is 0. The van der Waals surface area contributed by atoms with Crippen molar-refractivity contribution < 1.29 is 14.3 Å². The van der Waals surface area contributed by atoms with Gasteiger partial charge in [0.15, 0.2) is 0 Å². The summed E-state index contributed by atoms with van der Waals surface area (Å²) in [5.74, 6) is 0.748. The summed E-state index contributed by atoms with van der Waals surface area (Å²) in [6.07, 6.45) is 4.20. The van der Waals surface area contributed by atoms with Crippen molar-refractivity contribution in [1.29, 1.82) is 0 Å². The van der Waals surface area contributed by atoms with Crippen LogP contribution in [-0.4, -0.2) is 31.9 Å². The molecule has 2 aromatic carbocycles. The van der Waals surface area contributed by atoms with Gasteiger partial charge >= 0.3 is 6.03 Å². The second kappa shape index (κ2) is 9.82. The van der Waals surface area contributed by atoms with Crippen LogP contribution in [0.15, 0.2) is 54.6 Å². The third-order valence-corrected chi connectivity index (χ3v) is 4.37. The summed E-state index contributed by atoms with van der Waals surface area (Å²) in [7, 11) is 0. The van der Waals surface area contributed by atoms with Gasteiger partial charge < -0.3 is 20.1 Å². The van der Waals surface area contributed by atoms with Crippen molar-refractivity contribution in [3.63, 3.8) is 0 Å². The zero-order chi connectivity index (χ0) is 18.0. The summed E-state index contributed by atoms with van der Waals surface area (Å²) in [5, 5.41) is 5.72. The average molecular weight is 354 g/mol. The van der Waals surface area contributed by atoms with E-state index in [0.717, 1.165) is 43.7 Å². The minimum Gasteiger partial charge on any atom is -0.493 e. The minimum absolute atomic E-state index is 0.204. The Morgan fingerprint density at radius 2 is 2.04 bits per heavy atom. The van der Waals surface area contributed by atoms with Crippen molar-refractivity contribution in [1.82, 2.24) is 5.32 Å². The van der Waals surface area contributed by atoms with Crippen LogP contribution in [0.5, 0.6) is 5.75 Å². The largest absolute Gasteiger partial charge is 0.493 e. The van der Waals surface area contributed by atoms with Crippen molar-refractivity contribution in [3.8, 4) is 5.75 Å². The topological polar surface area (TPSA) is 59.6 Å². The van der Waals surface area contributed by atoms with Crippen molar-refractivity contribution >= 4 is 11.7 Å². The third kappa shape index (κ3) is 6.08. The maximum Gasteiger partial charge on any atom is 0.319 e. The molecule has 1 aliphatic rings. The highest BCUT2D eigenvalue weighted by atomic mass is 16.5. The number of nitrogens with one attached hydrogen (secondary N) is 2. The highest BCUT2D eigenvalue weighted by Crippen LogP contribution is 2.18. The van der Waals surface area contributed by atoms with E-state index >= 15 is 0 Å². The van der Waals surface area contributed by atoms with E-state index in [1.54, 1.807) is 0 Å². The summed E-state index contributed by atoms with van der Waals surface area (Å²) in [4.78, 5) is 12.0. The molecule has 138 valence electrons. The summed E-state index contributed by atoms with van der Waals surface area (Å²) in [5.41, 5.74) is 1.96. The van der Waals surface area contributed by atoms with E-state index < -0.39 is 0 Å². The first-order valence-electron chi connectivity index (χ1n) is 9.23. The van der Waals surface area contributed by atoms with Gasteiger partial charge in [0.1, 0.15) is 5.75 Å². The molecule has 0 spiro atoms. The molecule has 5 nitrogen and oxygen atoms in total. The lowest BCUT2D eigenvalue weighted by Crippen LogP contribution is -2.31. The van der Waals surface area contributed by atoms with Gasteiger partial charge in [0.05, 0.1) is 12.7 Å². The van der Waals surface area contributed by atoms with Crippen LogP contribution < -0.4 is 15.4 Å². The lowest BCUT2D eigenvalue weighted by Gasteiger charge is -2.12. The highest BCUT2D eigenvalue weighted by Gasteiger charge is 2.15. The molecular formula is C21H26N2O3. The maximum absolute atomic E-state index is 12.0. The fraction of sp³-hybridized carbons (Fsp3) is 0.381. The fourth-order valence-electron chi connectivity index (χ4n) is 2.99. The van der Waals surface area contributed by atoms with Crippen LogP contribution in [0.4, 0.5) is 10.5 Å². The lowest BCUT2D eigenvalue weighted by atomic mass is 10.2. The van der Waals surface area contributed by atoms with Crippen molar-refractivity contribution in [2.75, 3.05) is 25.1 Å². The van der Waals surface area contributed by atoms with Crippen LogP contribution in [-0.2, 0) is 11.2 Å². The fourth-order valence-corrected chi connectivity index (χ4v) is 2.99. The molecule has 0 aromatic heterocycles. The molecule has 5 heteroatoms. The number of hydrogen-bond acceptors (Lipinski definition) is 3. The first-order valence-corrected chi connectivity index (χ1v) is 9.23. The molecule has 2 aromatic rings. The highest BCUT2D eigenvalue weighted by molar-refractivity contribution is 5.89. The van der Waals surface area contributed by atoms with Crippen LogP contribution in [0.2, 0.25) is 0 Å². The van der Waals surface area contributed by atoms with Crippen molar-refractivity contribution in [2.45, 2.75) is 31.8 Å². The SMILES string of the molecule is O=C(NCCC1CCCO1)Nc1cccc(OCCc2ccccc2)c1. The molecule has 1 saturated heterocycles. The van der Waals surface area contributed by atoms with E-state index in [0.29, 0.717) is 13.2 Å². The van der Waals surface area contributed by atoms with E-state index in [-0.39, 0.29) is 12.1 Å². The van der Waals surface area contributed by atoms with E-state index in [4.69, 9.17) is 9.47 Å². The molecule has 0 saturated carbocycles. The normalized spacial score (nSPS) is 16.2. The van der Waals surface area contributed by atoms with Gasteiger partial charge in [-0.2, -0.15) is 0 Å². The van der Waals surface area contributed by atoms with Gasteiger partial charge in [-0.3, -0.25) is 0 Å². The van der Waals surface area contributed by atoms with E-state index in [1.165, 1.54) is 5.56 Å². The standard InChI is InChI=1S/C21H26N2O3/c24-21(22-13-11-19-10-5-14-25-19)23-18-8-4-9-20(16-18)26-15-12-17-6-2-1-3-7-17/h1-4,6-9,16,19H,5,10-15H2,(H2,22,23,24). The Hall–Kier alpha value is -2.53. The number of carbonyl (C=O) groups is 1. The average Bonchev–Trinajstić information content (AvgIpc) is 3.16. The first kappa shape index (κ1) is 18.3. The number of urea groups is 1. The summed E-state index contributed by atoms with van der Waals surface area (Å²) < 4.78 is 11.3. The summed E-state index contributed by atoms with van der Waals surface area (Å²) in [6, 6.07) is 17.5. The zero-order valence-electron chi connectivity index (χ0n) is 14.9. The third-order valence-electron chi connectivity index (χ3n) is 4.37. The number of rotatable bonds is 8. The van der Waals surface area contributed by atoms with Gasteiger partial charge in [0.25, 0.3) is 0 Å². The monoisotopic (exact) mass is 354 g/mol. The summed E-state index contributed by atoms with van der Waals surface area (Å²) in [6.45, 7) is 2.05. The Kier molecular flexibility index (Phi) is 6.90. The van der Waals surface area contributed by atoms with Crippen LogP contribution in [0.25, 0.3) is 0 Å². The zero-order valence-corrected chi connectivity index (χ0v) is 14.9. The number of anilines is 1. The molecular weight excluding hydrogens is 328 g/mol. The molecule has 2 N–H and O–H groups in total. The molecule has 0 radical (unpaired) electrons. The molecule has 0 aliphatic carbocycles. The molecule has 26 heavy (non-hydrogen) atoms. The maximum atomic E-state index is 12.0. The molecule has 1 fully saturated rings. The lowest BCUT2D eigenvalue weighted by molar-refractivity contribution is 0.105. The van der Waals surface area contributed by atoms with Gasteiger partial charge in [-0.05, 0) is 37.0 Å². The molecule has 3 rings (SSSR count). The van der Waals surface area contributed by atoms with E-state index in [2.05, 4.69) is 22.8 Å². The number of ether oxygens (including phenoxy) is 2. The predicted molar refractivity (Wildman–Crippen MR) is 103 cm³/mol. The number of carbonyl (C=O) groups excluding carboxylic acids is 1. The predicted octanol–water partition coefficient (Wildman–Crippen LogP) is 4.00. The Labute approximate surface area is 154 Å².